The molecule has 1 aliphatic rings. The van der Waals surface area contributed by atoms with E-state index < -0.39 is 18.9 Å². The molecule has 0 radical (unpaired) electrons. The number of ether oxygens (including phenoxy) is 1. The molecule has 0 spiro atoms. The van der Waals surface area contributed by atoms with Gasteiger partial charge in [0.2, 0.25) is 5.95 Å². The van der Waals surface area contributed by atoms with Crippen LogP contribution in [0.1, 0.15) is 0 Å². The fourth-order valence-electron chi connectivity index (χ4n) is 3.13. The standard InChI is InChI=1S/C18H21Cl2F3N6O2/c19-13-3-1-2-12(14(13)20)15-16(24)25-17(27-26-15)29-6-4-28(5-7-29)8-11(30)9-31-10-18(21,22)23/h1-3,11,30H,4-10H2,(H2,24,25,27)/t11-/m1/s1. The monoisotopic (exact) mass is 480 g/mol. The van der Waals surface area contributed by atoms with Crippen molar-refractivity contribution in [3.63, 3.8) is 0 Å². The largest absolute Gasteiger partial charge is 0.411 e. The number of nitrogen functional groups attached to an aromatic ring is 1. The van der Waals surface area contributed by atoms with E-state index in [9.17, 15) is 18.3 Å². The van der Waals surface area contributed by atoms with Crippen molar-refractivity contribution < 1.29 is 23.0 Å². The van der Waals surface area contributed by atoms with Crippen molar-refractivity contribution in [1.82, 2.24) is 20.1 Å². The van der Waals surface area contributed by atoms with Gasteiger partial charge in [0.25, 0.3) is 0 Å². The summed E-state index contributed by atoms with van der Waals surface area (Å²) in [5.74, 6) is 0.516. The van der Waals surface area contributed by atoms with E-state index >= 15 is 0 Å². The smallest absolute Gasteiger partial charge is 0.389 e. The van der Waals surface area contributed by atoms with Crippen LogP contribution in [-0.2, 0) is 4.74 Å². The molecule has 0 bridgehead atoms. The highest BCUT2D eigenvalue weighted by Gasteiger charge is 2.28. The molecule has 0 aliphatic carbocycles. The fourth-order valence-corrected chi connectivity index (χ4v) is 3.52. The lowest BCUT2D eigenvalue weighted by Crippen LogP contribution is -2.49. The minimum Gasteiger partial charge on any atom is -0.389 e. The number of aliphatic hydroxyl groups excluding tert-OH is 1. The van der Waals surface area contributed by atoms with E-state index in [1.807, 2.05) is 9.80 Å². The summed E-state index contributed by atoms with van der Waals surface area (Å²) in [6, 6.07) is 5.09. The Hall–Kier alpha value is -1.92. The summed E-state index contributed by atoms with van der Waals surface area (Å²) in [6.45, 7) is 0.641. The fraction of sp³-hybridized carbons (Fsp3) is 0.500. The molecule has 2 heterocycles. The van der Waals surface area contributed by atoms with Gasteiger partial charge in [0.15, 0.2) is 5.82 Å². The number of hydrogen-bond donors (Lipinski definition) is 2. The third-order valence-electron chi connectivity index (χ3n) is 4.61. The Kier molecular flexibility index (Phi) is 7.76. The van der Waals surface area contributed by atoms with Gasteiger partial charge in [-0.3, -0.25) is 4.90 Å². The van der Waals surface area contributed by atoms with Crippen molar-refractivity contribution in [2.45, 2.75) is 12.3 Å². The minimum atomic E-state index is -4.41. The van der Waals surface area contributed by atoms with Gasteiger partial charge in [-0.05, 0) is 6.07 Å². The highest BCUT2D eigenvalue weighted by molar-refractivity contribution is 6.43. The van der Waals surface area contributed by atoms with Crippen molar-refractivity contribution in [1.29, 1.82) is 0 Å². The summed E-state index contributed by atoms with van der Waals surface area (Å²) in [6.07, 6.45) is -5.42. The summed E-state index contributed by atoms with van der Waals surface area (Å²) in [5.41, 5.74) is 6.93. The van der Waals surface area contributed by atoms with Crippen LogP contribution in [0, 0.1) is 0 Å². The van der Waals surface area contributed by atoms with Gasteiger partial charge >= 0.3 is 6.18 Å². The van der Waals surface area contributed by atoms with Crippen LogP contribution >= 0.6 is 23.2 Å². The predicted molar refractivity (Wildman–Crippen MR) is 111 cm³/mol. The van der Waals surface area contributed by atoms with Crippen LogP contribution in [0.2, 0.25) is 10.0 Å². The van der Waals surface area contributed by atoms with Crippen LogP contribution in [0.5, 0.6) is 0 Å². The molecule has 31 heavy (non-hydrogen) atoms. The zero-order valence-electron chi connectivity index (χ0n) is 16.3. The van der Waals surface area contributed by atoms with E-state index in [1.54, 1.807) is 18.2 Å². The van der Waals surface area contributed by atoms with Gasteiger partial charge in [0.1, 0.15) is 12.3 Å². The molecule has 3 rings (SSSR count). The molecular weight excluding hydrogens is 460 g/mol. The van der Waals surface area contributed by atoms with Gasteiger partial charge in [0, 0.05) is 38.3 Å². The lowest BCUT2D eigenvalue weighted by atomic mass is 10.1. The number of nitrogens with zero attached hydrogens (tertiary/aromatic N) is 5. The van der Waals surface area contributed by atoms with Crippen LogP contribution in [0.4, 0.5) is 24.9 Å². The van der Waals surface area contributed by atoms with Crippen molar-refractivity contribution in [2.75, 3.05) is 56.6 Å². The first-order valence-electron chi connectivity index (χ1n) is 9.38. The highest BCUT2D eigenvalue weighted by atomic mass is 35.5. The second-order valence-electron chi connectivity index (χ2n) is 7.02. The van der Waals surface area contributed by atoms with Crippen molar-refractivity contribution in [2.24, 2.45) is 0 Å². The second-order valence-corrected chi connectivity index (χ2v) is 7.80. The van der Waals surface area contributed by atoms with E-state index in [0.29, 0.717) is 53.4 Å². The molecule has 13 heteroatoms. The molecule has 1 aromatic heterocycles. The number of anilines is 2. The van der Waals surface area contributed by atoms with Gasteiger partial charge in [-0.2, -0.15) is 18.2 Å². The predicted octanol–water partition coefficient (Wildman–Crippen LogP) is 2.49. The number of halogens is 5. The Morgan fingerprint density at radius 2 is 1.87 bits per heavy atom. The summed E-state index contributed by atoms with van der Waals surface area (Å²) in [4.78, 5) is 8.14. The molecule has 0 unspecified atom stereocenters. The van der Waals surface area contributed by atoms with Crippen LogP contribution in [0.3, 0.4) is 0 Å². The van der Waals surface area contributed by atoms with Gasteiger partial charge in [0.05, 0.1) is 22.8 Å². The number of hydrogen-bond acceptors (Lipinski definition) is 8. The number of aromatic nitrogens is 3. The molecule has 170 valence electrons. The van der Waals surface area contributed by atoms with Gasteiger partial charge in [-0.1, -0.05) is 35.3 Å². The normalized spacial score (nSPS) is 16.5. The molecule has 0 amide bonds. The lowest BCUT2D eigenvalue weighted by Gasteiger charge is -2.35. The number of rotatable bonds is 7. The summed E-state index contributed by atoms with van der Waals surface area (Å²) < 4.78 is 40.8. The maximum Gasteiger partial charge on any atom is 0.411 e. The van der Waals surface area contributed by atoms with Gasteiger partial charge in [-0.15, -0.1) is 10.2 Å². The average molecular weight is 481 g/mol. The maximum absolute atomic E-state index is 12.1. The van der Waals surface area contributed by atoms with E-state index in [2.05, 4.69) is 19.9 Å². The number of nitrogens with two attached hydrogens (primary N) is 1. The van der Waals surface area contributed by atoms with E-state index in [4.69, 9.17) is 28.9 Å². The second kappa shape index (κ2) is 10.1. The molecule has 1 atom stereocenters. The zero-order chi connectivity index (χ0) is 22.6. The van der Waals surface area contributed by atoms with Crippen molar-refractivity contribution >= 4 is 35.0 Å². The summed E-state index contributed by atoms with van der Waals surface area (Å²) in [7, 11) is 0. The van der Waals surface area contributed by atoms with Gasteiger partial charge < -0.3 is 20.5 Å². The van der Waals surface area contributed by atoms with Crippen LogP contribution in [0.15, 0.2) is 18.2 Å². The lowest BCUT2D eigenvalue weighted by molar-refractivity contribution is -0.179. The third-order valence-corrected chi connectivity index (χ3v) is 5.43. The SMILES string of the molecule is Nc1nc(N2CCN(C[C@@H](O)COCC(F)(F)F)CC2)nnc1-c1cccc(Cl)c1Cl. The molecule has 2 aromatic rings. The van der Waals surface area contributed by atoms with Crippen molar-refractivity contribution in [3.05, 3.63) is 28.2 Å². The van der Waals surface area contributed by atoms with E-state index in [0.717, 1.165) is 0 Å². The molecule has 1 fully saturated rings. The van der Waals surface area contributed by atoms with Crippen molar-refractivity contribution in [3.8, 4) is 11.3 Å². The first-order chi connectivity index (χ1) is 14.6. The Labute approximate surface area is 186 Å². The minimum absolute atomic E-state index is 0.161. The zero-order valence-corrected chi connectivity index (χ0v) is 17.8. The van der Waals surface area contributed by atoms with Crippen LogP contribution in [0.25, 0.3) is 11.3 Å². The van der Waals surface area contributed by atoms with Crippen LogP contribution in [-0.4, -0.2) is 83.4 Å². The number of aliphatic hydroxyl groups is 1. The van der Waals surface area contributed by atoms with E-state index in [1.165, 1.54) is 0 Å². The average Bonchev–Trinajstić information content (AvgIpc) is 2.70. The molecular formula is C18H21Cl2F3N6O2. The third kappa shape index (κ3) is 6.53. The maximum atomic E-state index is 12.1. The molecule has 0 saturated carbocycles. The number of benzene rings is 1. The van der Waals surface area contributed by atoms with Gasteiger partial charge in [-0.25, -0.2) is 0 Å². The van der Waals surface area contributed by atoms with E-state index in [-0.39, 0.29) is 19.0 Å². The molecule has 1 aliphatic heterocycles. The molecule has 3 N–H and O–H groups in total. The Balaban J connectivity index is 1.54. The molecule has 1 saturated heterocycles. The Morgan fingerprint density at radius 1 is 1.16 bits per heavy atom. The Bertz CT molecular complexity index is 897. The van der Waals surface area contributed by atoms with Crippen LogP contribution < -0.4 is 10.6 Å². The number of alkyl halides is 3. The molecule has 8 nitrogen and oxygen atoms in total. The number of β-amino-alcohol motifs (C(OH)–C–C–N with tert-alkyl or cyclic N) is 1. The highest BCUT2D eigenvalue weighted by Crippen LogP contribution is 2.34. The summed E-state index contributed by atoms with van der Waals surface area (Å²) >= 11 is 12.3. The molecule has 1 aromatic carbocycles. The quantitative estimate of drug-likeness (QED) is 0.623. The Morgan fingerprint density at radius 3 is 2.52 bits per heavy atom. The first-order valence-corrected chi connectivity index (χ1v) is 10.1. The first kappa shape index (κ1) is 23.7. The topological polar surface area (TPSA) is 101 Å². The summed E-state index contributed by atoms with van der Waals surface area (Å²) in [5, 5.41) is 18.9. The number of piperazine rings is 1.